The van der Waals surface area contributed by atoms with Gasteiger partial charge in [-0.25, -0.2) is 4.99 Å². The summed E-state index contributed by atoms with van der Waals surface area (Å²) in [6.07, 6.45) is 0. The fourth-order valence-electron chi connectivity index (χ4n) is 3.89. The highest BCUT2D eigenvalue weighted by Gasteiger charge is 2.43. The van der Waals surface area contributed by atoms with Crippen molar-refractivity contribution < 1.29 is 9.59 Å². The van der Waals surface area contributed by atoms with Crippen molar-refractivity contribution in [2.75, 3.05) is 16.8 Å². The lowest BCUT2D eigenvalue weighted by atomic mass is 10.0. The van der Waals surface area contributed by atoms with Crippen LogP contribution in [0.1, 0.15) is 11.1 Å². The molecule has 5 rings (SSSR count). The van der Waals surface area contributed by atoms with Crippen molar-refractivity contribution in [2.24, 2.45) is 4.99 Å². The Labute approximate surface area is 198 Å². The van der Waals surface area contributed by atoms with Crippen molar-refractivity contribution in [2.45, 2.75) is 6.92 Å². The van der Waals surface area contributed by atoms with Gasteiger partial charge in [-0.15, -0.1) is 0 Å². The van der Waals surface area contributed by atoms with E-state index in [9.17, 15) is 9.59 Å². The average molecular weight is 504 g/mol. The van der Waals surface area contributed by atoms with Gasteiger partial charge in [-0.1, -0.05) is 36.4 Å². The predicted molar refractivity (Wildman–Crippen MR) is 134 cm³/mol. The number of halogens is 1. The van der Waals surface area contributed by atoms with Crippen LogP contribution in [0.2, 0.25) is 0 Å². The smallest absolute Gasteiger partial charge is 0.272 e. The number of carbonyl (C=O) groups excluding carboxylic acids is 2. The van der Waals surface area contributed by atoms with Crippen molar-refractivity contribution in [3.8, 4) is 0 Å². The molecule has 0 aromatic heterocycles. The van der Waals surface area contributed by atoms with E-state index in [0.717, 1.165) is 27.0 Å². The molecule has 0 atom stereocenters. The number of fused-ring (bicyclic) bond motifs is 1. The summed E-state index contributed by atoms with van der Waals surface area (Å²) in [6, 6.07) is 22.8. The maximum absolute atomic E-state index is 13.7. The van der Waals surface area contributed by atoms with E-state index in [0.29, 0.717) is 21.3 Å². The third-order valence-corrected chi connectivity index (χ3v) is 6.98. The summed E-state index contributed by atoms with van der Waals surface area (Å²) in [5.74, 6) is -0.450. The van der Waals surface area contributed by atoms with E-state index in [2.05, 4.69) is 15.9 Å². The van der Waals surface area contributed by atoms with Gasteiger partial charge in [-0.3, -0.25) is 14.5 Å². The van der Waals surface area contributed by atoms with Crippen LogP contribution in [0, 0.1) is 6.92 Å². The molecule has 0 saturated carbocycles. The van der Waals surface area contributed by atoms with E-state index in [-0.39, 0.29) is 11.8 Å². The topological polar surface area (TPSA) is 53.0 Å². The van der Waals surface area contributed by atoms with Crippen LogP contribution in [0.25, 0.3) is 5.57 Å². The van der Waals surface area contributed by atoms with Crippen molar-refractivity contribution in [1.29, 1.82) is 0 Å². The van der Waals surface area contributed by atoms with E-state index in [4.69, 9.17) is 4.99 Å². The minimum Gasteiger partial charge on any atom is -0.310 e. The maximum atomic E-state index is 13.7. The molecule has 1 fully saturated rings. The Morgan fingerprint density at radius 2 is 1.56 bits per heavy atom. The van der Waals surface area contributed by atoms with Gasteiger partial charge in [0.15, 0.2) is 5.17 Å². The van der Waals surface area contributed by atoms with Crippen LogP contribution in [0.4, 0.5) is 17.1 Å². The van der Waals surface area contributed by atoms with Crippen LogP contribution in [-0.4, -0.2) is 24.0 Å². The van der Waals surface area contributed by atoms with Gasteiger partial charge in [-0.05, 0) is 76.6 Å². The molecule has 0 N–H and O–H groups in total. The Balaban J connectivity index is 1.72. The lowest BCUT2D eigenvalue weighted by molar-refractivity contribution is -0.115. The molecular formula is C25H18BrN3O2S. The standard InChI is InChI=1S/C25H18BrN3O2S/c1-15-13-18-20(23(30)28(2)21(18)19(26)14-15)22-24(31)29(17-11-7-4-8-12-17)25(32-22)27-16-9-5-3-6-10-16/h3-14H,1-2H3/b22-20+,27-25?. The van der Waals surface area contributed by atoms with E-state index in [1.807, 2.05) is 79.7 Å². The van der Waals surface area contributed by atoms with Crippen molar-refractivity contribution in [3.63, 3.8) is 0 Å². The number of para-hydroxylation sites is 2. The van der Waals surface area contributed by atoms with Gasteiger partial charge in [0.25, 0.3) is 11.8 Å². The number of hydrogen-bond donors (Lipinski definition) is 0. The normalized spacial score (nSPS) is 19.3. The molecule has 158 valence electrons. The Bertz CT molecular complexity index is 1320. The molecule has 2 heterocycles. The minimum absolute atomic E-state index is 0.198. The minimum atomic E-state index is -0.252. The Morgan fingerprint density at radius 3 is 2.25 bits per heavy atom. The number of aliphatic imine (C=N–C) groups is 1. The quantitative estimate of drug-likeness (QED) is 0.408. The van der Waals surface area contributed by atoms with Crippen molar-refractivity contribution in [3.05, 3.63) is 93.3 Å². The number of thioether (sulfide) groups is 1. The maximum Gasteiger partial charge on any atom is 0.272 e. The first kappa shape index (κ1) is 20.7. The van der Waals surface area contributed by atoms with E-state index < -0.39 is 0 Å². The van der Waals surface area contributed by atoms with Gasteiger partial charge >= 0.3 is 0 Å². The predicted octanol–water partition coefficient (Wildman–Crippen LogP) is 5.91. The molecular weight excluding hydrogens is 486 g/mol. The summed E-state index contributed by atoms with van der Waals surface area (Å²) < 4.78 is 0.826. The Kier molecular flexibility index (Phi) is 5.23. The number of amidine groups is 1. The first-order valence-electron chi connectivity index (χ1n) is 9.99. The van der Waals surface area contributed by atoms with Crippen LogP contribution in [-0.2, 0) is 9.59 Å². The second-order valence-corrected chi connectivity index (χ2v) is 9.35. The highest BCUT2D eigenvalue weighted by molar-refractivity contribution is 9.10. The number of hydrogen-bond acceptors (Lipinski definition) is 4. The van der Waals surface area contributed by atoms with Gasteiger partial charge in [0, 0.05) is 17.1 Å². The molecule has 5 nitrogen and oxygen atoms in total. The van der Waals surface area contributed by atoms with Gasteiger partial charge in [-0.2, -0.15) is 0 Å². The number of amides is 2. The van der Waals surface area contributed by atoms with Crippen molar-refractivity contribution in [1.82, 2.24) is 0 Å². The van der Waals surface area contributed by atoms with E-state index in [1.54, 1.807) is 16.8 Å². The fourth-order valence-corrected chi connectivity index (χ4v) is 5.82. The molecule has 32 heavy (non-hydrogen) atoms. The third kappa shape index (κ3) is 3.38. The van der Waals surface area contributed by atoms with Gasteiger partial charge in [0.05, 0.1) is 27.5 Å². The summed E-state index contributed by atoms with van der Waals surface area (Å²) in [7, 11) is 1.73. The second kappa shape index (κ2) is 8.07. The molecule has 7 heteroatoms. The van der Waals surface area contributed by atoms with E-state index >= 15 is 0 Å². The number of nitrogens with zero attached hydrogens (tertiary/aromatic N) is 3. The van der Waals surface area contributed by atoms with Crippen LogP contribution in [0.15, 0.2) is 87.2 Å². The van der Waals surface area contributed by atoms with Crippen LogP contribution in [0.3, 0.4) is 0 Å². The zero-order valence-corrected chi connectivity index (χ0v) is 19.8. The molecule has 2 amide bonds. The summed E-state index contributed by atoms with van der Waals surface area (Å²) in [5.41, 5.74) is 4.40. The summed E-state index contributed by atoms with van der Waals surface area (Å²) in [6.45, 7) is 1.97. The number of aryl methyl sites for hydroxylation is 1. The second-order valence-electron chi connectivity index (χ2n) is 7.52. The summed E-state index contributed by atoms with van der Waals surface area (Å²) in [5, 5.41) is 0.519. The zero-order valence-electron chi connectivity index (χ0n) is 17.4. The Morgan fingerprint density at radius 1 is 0.906 bits per heavy atom. The molecule has 3 aromatic rings. The summed E-state index contributed by atoms with van der Waals surface area (Å²) >= 11 is 4.82. The first-order chi connectivity index (χ1) is 15.5. The average Bonchev–Trinajstić information content (AvgIpc) is 3.22. The number of likely N-dealkylation sites (N-methyl/N-ethyl adjacent to an activating group) is 1. The number of rotatable bonds is 2. The molecule has 0 spiro atoms. The monoisotopic (exact) mass is 503 g/mol. The molecule has 0 bridgehead atoms. The number of anilines is 2. The Hall–Kier alpha value is -3.16. The summed E-state index contributed by atoms with van der Waals surface area (Å²) in [4.78, 5) is 35.3. The number of benzene rings is 3. The highest BCUT2D eigenvalue weighted by Crippen LogP contribution is 2.48. The molecule has 1 saturated heterocycles. The molecule has 3 aromatic carbocycles. The van der Waals surface area contributed by atoms with Crippen LogP contribution >= 0.6 is 27.7 Å². The van der Waals surface area contributed by atoms with E-state index in [1.165, 1.54) is 11.8 Å². The lowest BCUT2D eigenvalue weighted by Gasteiger charge is -2.15. The number of carbonyl (C=O) groups is 2. The molecule has 2 aliphatic rings. The SMILES string of the molecule is Cc1cc(Br)c2c(c1)/C(=C1\SC(=Nc3ccccc3)N(c3ccccc3)C1=O)C(=O)N2C. The zero-order chi connectivity index (χ0) is 22.4. The van der Waals surface area contributed by atoms with Crippen molar-refractivity contribution >= 4 is 67.3 Å². The molecule has 0 aliphatic carbocycles. The molecule has 2 aliphatic heterocycles. The fraction of sp³-hybridized carbons (Fsp3) is 0.0800. The van der Waals surface area contributed by atoms with Gasteiger partial charge in [0.1, 0.15) is 0 Å². The third-order valence-electron chi connectivity index (χ3n) is 5.34. The van der Waals surface area contributed by atoms with Gasteiger partial charge in [0.2, 0.25) is 0 Å². The molecule has 0 radical (unpaired) electrons. The highest BCUT2D eigenvalue weighted by atomic mass is 79.9. The van der Waals surface area contributed by atoms with Gasteiger partial charge < -0.3 is 4.90 Å². The molecule has 0 unspecified atom stereocenters. The van der Waals surface area contributed by atoms with Crippen LogP contribution in [0.5, 0.6) is 0 Å². The largest absolute Gasteiger partial charge is 0.310 e. The lowest BCUT2D eigenvalue weighted by Crippen LogP contribution is -2.29. The van der Waals surface area contributed by atoms with Crippen LogP contribution < -0.4 is 9.80 Å². The first-order valence-corrected chi connectivity index (χ1v) is 11.6.